The third-order valence-electron chi connectivity index (χ3n) is 3.46. The molecule has 1 N–H and O–H groups in total. The fourth-order valence-corrected chi connectivity index (χ4v) is 3.18. The van der Waals surface area contributed by atoms with Crippen LogP contribution >= 0.6 is 0 Å². The van der Waals surface area contributed by atoms with E-state index in [-0.39, 0.29) is 31.0 Å². The molecule has 7 heteroatoms. The quantitative estimate of drug-likeness (QED) is 0.782. The maximum absolute atomic E-state index is 12.1. The van der Waals surface area contributed by atoms with E-state index in [0.29, 0.717) is 11.4 Å². The van der Waals surface area contributed by atoms with Crippen LogP contribution in [0.4, 0.5) is 5.69 Å². The van der Waals surface area contributed by atoms with Gasteiger partial charge in [0.25, 0.3) is 0 Å². The lowest BCUT2D eigenvalue weighted by Gasteiger charge is -2.25. The average molecular weight is 340 g/mol. The predicted molar refractivity (Wildman–Crippen MR) is 90.1 cm³/mol. The van der Waals surface area contributed by atoms with Gasteiger partial charge in [0.2, 0.25) is 15.9 Å². The maximum atomic E-state index is 12.1. The van der Waals surface area contributed by atoms with Gasteiger partial charge in [-0.3, -0.25) is 9.10 Å². The van der Waals surface area contributed by atoms with Crippen LogP contribution in [0, 0.1) is 5.92 Å². The van der Waals surface area contributed by atoms with E-state index < -0.39 is 10.0 Å². The summed E-state index contributed by atoms with van der Waals surface area (Å²) in [6.07, 6.45) is 2.94. The molecular weight excluding hydrogens is 316 g/mol. The molecule has 0 heterocycles. The zero-order valence-electron chi connectivity index (χ0n) is 13.8. The standard InChI is InChI=1S/C16H24N2O4S/c1-12(2)22-15-7-5-4-6-14(15)18(23(3,20)21)11-10-17-16(19)13-8-9-13/h4-7,12-13H,8-11H2,1-3H3,(H,17,19). The van der Waals surface area contributed by atoms with Gasteiger partial charge in [-0.2, -0.15) is 0 Å². The molecule has 6 nitrogen and oxygen atoms in total. The van der Waals surface area contributed by atoms with Crippen molar-refractivity contribution in [1.29, 1.82) is 0 Å². The SMILES string of the molecule is CC(C)Oc1ccccc1N(CCNC(=O)C1CC1)S(C)(=O)=O. The van der Waals surface area contributed by atoms with Gasteiger partial charge in [-0.25, -0.2) is 8.42 Å². The van der Waals surface area contributed by atoms with Crippen LogP contribution < -0.4 is 14.4 Å². The molecule has 0 bridgehead atoms. The molecule has 0 unspecified atom stereocenters. The number of hydrogen-bond acceptors (Lipinski definition) is 4. The van der Waals surface area contributed by atoms with Gasteiger partial charge in [0.15, 0.2) is 0 Å². The van der Waals surface area contributed by atoms with E-state index in [0.717, 1.165) is 19.1 Å². The van der Waals surface area contributed by atoms with Crippen molar-refractivity contribution in [1.82, 2.24) is 5.32 Å². The van der Waals surface area contributed by atoms with Gasteiger partial charge in [0.05, 0.1) is 24.6 Å². The van der Waals surface area contributed by atoms with E-state index in [4.69, 9.17) is 4.74 Å². The largest absolute Gasteiger partial charge is 0.489 e. The van der Waals surface area contributed by atoms with Crippen molar-refractivity contribution in [3.8, 4) is 5.75 Å². The molecule has 23 heavy (non-hydrogen) atoms. The van der Waals surface area contributed by atoms with Crippen molar-refractivity contribution in [3.05, 3.63) is 24.3 Å². The lowest BCUT2D eigenvalue weighted by Crippen LogP contribution is -2.38. The number of ether oxygens (including phenoxy) is 1. The first-order valence-corrected chi connectivity index (χ1v) is 9.65. The van der Waals surface area contributed by atoms with Gasteiger partial charge in [-0.05, 0) is 38.8 Å². The Bertz CT molecular complexity index is 654. The van der Waals surface area contributed by atoms with Crippen LogP contribution in [-0.2, 0) is 14.8 Å². The molecule has 0 aromatic heterocycles. The minimum atomic E-state index is -3.48. The van der Waals surface area contributed by atoms with Crippen molar-refractivity contribution in [3.63, 3.8) is 0 Å². The molecule has 1 aliphatic rings. The summed E-state index contributed by atoms with van der Waals surface area (Å²) >= 11 is 0. The van der Waals surface area contributed by atoms with Crippen LogP contribution in [0.3, 0.4) is 0 Å². The zero-order valence-corrected chi connectivity index (χ0v) is 14.6. The number of anilines is 1. The maximum Gasteiger partial charge on any atom is 0.232 e. The zero-order chi connectivity index (χ0) is 17.0. The number of hydrogen-bond donors (Lipinski definition) is 1. The number of carbonyl (C=O) groups excluding carboxylic acids is 1. The van der Waals surface area contributed by atoms with Gasteiger partial charge in [0.1, 0.15) is 5.75 Å². The molecule has 128 valence electrons. The van der Waals surface area contributed by atoms with E-state index in [1.807, 2.05) is 13.8 Å². The van der Waals surface area contributed by atoms with E-state index in [1.165, 1.54) is 4.31 Å². The number of amides is 1. The van der Waals surface area contributed by atoms with Crippen molar-refractivity contribution in [2.75, 3.05) is 23.7 Å². The first-order valence-electron chi connectivity index (χ1n) is 7.80. The van der Waals surface area contributed by atoms with Gasteiger partial charge in [-0.1, -0.05) is 12.1 Å². The minimum Gasteiger partial charge on any atom is -0.489 e. The summed E-state index contributed by atoms with van der Waals surface area (Å²) in [5.74, 6) is 0.629. The van der Waals surface area contributed by atoms with Crippen LogP contribution in [0.1, 0.15) is 26.7 Å². The Morgan fingerprint density at radius 3 is 2.57 bits per heavy atom. The summed E-state index contributed by atoms with van der Waals surface area (Å²) in [5.41, 5.74) is 0.490. The topological polar surface area (TPSA) is 75.7 Å². The number of nitrogens with zero attached hydrogens (tertiary/aromatic N) is 1. The van der Waals surface area contributed by atoms with Crippen LogP contribution in [-0.4, -0.2) is 39.8 Å². The third-order valence-corrected chi connectivity index (χ3v) is 4.64. The van der Waals surface area contributed by atoms with E-state index in [9.17, 15) is 13.2 Å². The second-order valence-electron chi connectivity index (χ2n) is 6.03. The van der Waals surface area contributed by atoms with Crippen molar-refractivity contribution in [2.24, 2.45) is 5.92 Å². The van der Waals surface area contributed by atoms with Gasteiger partial charge >= 0.3 is 0 Å². The second-order valence-corrected chi connectivity index (χ2v) is 7.94. The fourth-order valence-electron chi connectivity index (χ4n) is 2.25. The molecule has 0 radical (unpaired) electrons. The van der Waals surface area contributed by atoms with Crippen LogP contribution in [0.25, 0.3) is 0 Å². The highest BCUT2D eigenvalue weighted by atomic mass is 32.2. The molecule has 2 rings (SSSR count). The molecular formula is C16H24N2O4S. The Labute approximate surface area is 137 Å². The minimum absolute atomic E-state index is 0.00478. The molecule has 1 amide bonds. The normalized spacial score (nSPS) is 14.6. The van der Waals surface area contributed by atoms with Crippen LogP contribution in [0.2, 0.25) is 0 Å². The average Bonchev–Trinajstić information content (AvgIpc) is 3.27. The number of nitrogens with one attached hydrogen (secondary N) is 1. The molecule has 0 atom stereocenters. The first-order chi connectivity index (χ1) is 10.8. The fraction of sp³-hybridized carbons (Fsp3) is 0.562. The summed E-state index contributed by atoms with van der Waals surface area (Å²) < 4.78 is 31.3. The first kappa shape index (κ1) is 17.6. The summed E-state index contributed by atoms with van der Waals surface area (Å²) in [6, 6.07) is 7.03. The van der Waals surface area contributed by atoms with E-state index in [1.54, 1.807) is 24.3 Å². The Morgan fingerprint density at radius 1 is 1.35 bits per heavy atom. The Kier molecular flexibility index (Phi) is 5.51. The summed E-state index contributed by atoms with van der Waals surface area (Å²) in [7, 11) is -3.48. The predicted octanol–water partition coefficient (Wildman–Crippen LogP) is 1.77. The summed E-state index contributed by atoms with van der Waals surface area (Å²) in [4.78, 5) is 11.7. The lowest BCUT2D eigenvalue weighted by molar-refractivity contribution is -0.122. The van der Waals surface area contributed by atoms with Gasteiger partial charge in [0, 0.05) is 12.5 Å². The molecule has 1 fully saturated rings. The van der Waals surface area contributed by atoms with Crippen LogP contribution in [0.5, 0.6) is 5.75 Å². The molecule has 1 aromatic carbocycles. The van der Waals surface area contributed by atoms with E-state index >= 15 is 0 Å². The number of rotatable bonds is 8. The molecule has 1 aromatic rings. The van der Waals surface area contributed by atoms with Gasteiger partial charge in [-0.15, -0.1) is 0 Å². The van der Waals surface area contributed by atoms with Crippen LogP contribution in [0.15, 0.2) is 24.3 Å². The number of carbonyl (C=O) groups is 1. The smallest absolute Gasteiger partial charge is 0.232 e. The number of sulfonamides is 1. The van der Waals surface area contributed by atoms with Gasteiger partial charge < -0.3 is 10.1 Å². The highest BCUT2D eigenvalue weighted by molar-refractivity contribution is 7.92. The lowest BCUT2D eigenvalue weighted by atomic mass is 10.3. The van der Waals surface area contributed by atoms with Crippen molar-refractivity contribution >= 4 is 21.6 Å². The number of benzene rings is 1. The Balaban J connectivity index is 2.13. The van der Waals surface area contributed by atoms with Crippen molar-refractivity contribution < 1.29 is 17.9 Å². The van der Waals surface area contributed by atoms with Crippen molar-refractivity contribution in [2.45, 2.75) is 32.8 Å². The number of para-hydroxylation sites is 2. The molecule has 0 saturated heterocycles. The second kappa shape index (κ2) is 7.21. The Hall–Kier alpha value is -1.76. The Morgan fingerprint density at radius 2 is 2.00 bits per heavy atom. The summed E-state index contributed by atoms with van der Waals surface area (Å²) in [6.45, 7) is 4.23. The molecule has 1 saturated carbocycles. The third kappa shape index (κ3) is 5.13. The monoisotopic (exact) mass is 340 g/mol. The molecule has 0 spiro atoms. The highest BCUT2D eigenvalue weighted by Gasteiger charge is 2.29. The van der Waals surface area contributed by atoms with E-state index in [2.05, 4.69) is 5.32 Å². The molecule has 1 aliphatic carbocycles. The summed E-state index contributed by atoms with van der Waals surface area (Å²) in [5, 5.41) is 2.79. The molecule has 0 aliphatic heterocycles. The highest BCUT2D eigenvalue weighted by Crippen LogP contribution is 2.31.